The molecule has 0 radical (unpaired) electrons. The van der Waals surface area contributed by atoms with E-state index in [2.05, 4.69) is 22.1 Å². The summed E-state index contributed by atoms with van der Waals surface area (Å²) < 4.78 is 47.0. The van der Waals surface area contributed by atoms with E-state index in [1.54, 1.807) is 0 Å². The average Bonchev–Trinajstić information content (AvgIpc) is 3.48. The molecule has 1 amide bonds. The van der Waals surface area contributed by atoms with Gasteiger partial charge >= 0.3 is 6.18 Å². The zero-order chi connectivity index (χ0) is 22.2. The molecule has 1 atom stereocenters. The van der Waals surface area contributed by atoms with Gasteiger partial charge in [0.05, 0.1) is 28.0 Å². The van der Waals surface area contributed by atoms with Gasteiger partial charge in [0, 0.05) is 51.3 Å². The number of hydrogen-bond donors (Lipinski definition) is 1. The lowest BCUT2D eigenvalue weighted by Crippen LogP contribution is -2.51. The first-order chi connectivity index (χ1) is 14.8. The second-order valence-corrected chi connectivity index (χ2v) is 9.16. The van der Waals surface area contributed by atoms with E-state index in [1.165, 1.54) is 25.3 Å². The Morgan fingerprint density at radius 1 is 1.32 bits per heavy atom. The smallest absolute Gasteiger partial charge is 0.380 e. The van der Waals surface area contributed by atoms with E-state index in [0.29, 0.717) is 19.7 Å². The second kappa shape index (κ2) is 8.91. The van der Waals surface area contributed by atoms with Crippen molar-refractivity contribution in [3.8, 4) is 0 Å². The van der Waals surface area contributed by atoms with Crippen molar-refractivity contribution >= 4 is 33.3 Å². The van der Waals surface area contributed by atoms with E-state index in [0.717, 1.165) is 43.0 Å². The van der Waals surface area contributed by atoms with Crippen molar-refractivity contribution in [2.45, 2.75) is 32.0 Å². The minimum absolute atomic E-state index is 0.00470. The highest BCUT2D eigenvalue weighted by Gasteiger charge is 2.36. The van der Waals surface area contributed by atoms with Gasteiger partial charge in [-0.1, -0.05) is 0 Å². The number of fused-ring (bicyclic) bond motifs is 1. The monoisotopic (exact) mass is 456 g/mol. The maximum Gasteiger partial charge on any atom is 0.417 e. The molecule has 0 spiro atoms. The van der Waals surface area contributed by atoms with Gasteiger partial charge in [-0.25, -0.2) is 4.98 Å². The van der Waals surface area contributed by atoms with E-state index in [1.807, 2.05) is 4.90 Å². The van der Waals surface area contributed by atoms with E-state index in [4.69, 9.17) is 4.74 Å². The maximum absolute atomic E-state index is 13.7. The van der Waals surface area contributed by atoms with Crippen LogP contribution in [-0.2, 0) is 10.9 Å². The van der Waals surface area contributed by atoms with E-state index >= 15 is 0 Å². The molecule has 1 aliphatic heterocycles. The number of piperazine rings is 1. The van der Waals surface area contributed by atoms with Crippen molar-refractivity contribution < 1.29 is 22.7 Å². The van der Waals surface area contributed by atoms with Gasteiger partial charge in [0.1, 0.15) is 5.82 Å². The largest absolute Gasteiger partial charge is 0.417 e. The van der Waals surface area contributed by atoms with Gasteiger partial charge in [0.15, 0.2) is 0 Å². The summed E-state index contributed by atoms with van der Waals surface area (Å²) in [5.41, 5.74) is -0.453. The number of nitrogens with one attached hydrogen (secondary N) is 1. The van der Waals surface area contributed by atoms with Crippen LogP contribution in [0.5, 0.6) is 0 Å². The molecule has 2 aromatic rings. The highest BCUT2D eigenvalue weighted by molar-refractivity contribution is 7.17. The second-order valence-electron chi connectivity index (χ2n) is 8.28. The molecule has 4 rings (SSSR count). The first-order valence-corrected chi connectivity index (χ1v) is 11.4. The Bertz CT molecular complexity index is 937. The number of nitrogens with zero attached hydrogens (tertiary/aromatic N) is 3. The number of pyridine rings is 1. The van der Waals surface area contributed by atoms with Crippen molar-refractivity contribution in [1.29, 1.82) is 0 Å². The normalized spacial score (nSPS) is 19.1. The van der Waals surface area contributed by atoms with Crippen LogP contribution >= 0.6 is 11.3 Å². The van der Waals surface area contributed by atoms with Crippen molar-refractivity contribution in [1.82, 2.24) is 15.2 Å². The number of hydrogen-bond acceptors (Lipinski definition) is 6. The van der Waals surface area contributed by atoms with Crippen LogP contribution < -0.4 is 10.2 Å². The molecule has 1 saturated carbocycles. The van der Waals surface area contributed by atoms with Crippen molar-refractivity contribution in [3.63, 3.8) is 0 Å². The predicted molar refractivity (Wildman–Crippen MR) is 115 cm³/mol. The quantitative estimate of drug-likeness (QED) is 0.690. The fourth-order valence-corrected chi connectivity index (χ4v) is 4.87. The van der Waals surface area contributed by atoms with E-state index in [-0.39, 0.29) is 27.6 Å². The number of rotatable bonds is 7. The fourth-order valence-electron chi connectivity index (χ4n) is 3.85. The lowest BCUT2D eigenvalue weighted by molar-refractivity contribution is -0.136. The van der Waals surface area contributed by atoms with Gasteiger partial charge in [-0.15, -0.1) is 11.3 Å². The van der Waals surface area contributed by atoms with Gasteiger partial charge < -0.3 is 15.0 Å². The van der Waals surface area contributed by atoms with Crippen LogP contribution in [0.2, 0.25) is 0 Å². The summed E-state index contributed by atoms with van der Waals surface area (Å²) in [4.78, 5) is 20.8. The zero-order valence-corrected chi connectivity index (χ0v) is 18.5. The number of halogens is 3. The third-order valence-corrected chi connectivity index (χ3v) is 6.96. The van der Waals surface area contributed by atoms with E-state index < -0.39 is 17.6 Å². The summed E-state index contributed by atoms with van der Waals surface area (Å²) in [5.74, 6) is 0.555. The molecule has 2 aromatic heterocycles. The SMILES string of the molecule is CNC(=O)c1csc2c(C(F)(F)F)cc(N3CCN(C(C)COCC4CC4)CC3)nc12. The fraction of sp³-hybridized carbons (Fsp3) is 0.619. The molecule has 0 aromatic carbocycles. The Labute approximate surface area is 183 Å². The lowest BCUT2D eigenvalue weighted by atomic mass is 10.1. The molecule has 1 saturated heterocycles. The van der Waals surface area contributed by atoms with Crippen LogP contribution in [0.4, 0.5) is 19.0 Å². The lowest BCUT2D eigenvalue weighted by Gasteiger charge is -2.38. The summed E-state index contributed by atoms with van der Waals surface area (Å²) in [6.45, 7) is 6.20. The van der Waals surface area contributed by atoms with Crippen molar-refractivity contribution in [3.05, 3.63) is 22.6 Å². The Morgan fingerprint density at radius 3 is 2.65 bits per heavy atom. The number of thiophene rings is 1. The molecule has 2 fully saturated rings. The third-order valence-electron chi connectivity index (χ3n) is 5.96. The number of carbonyl (C=O) groups is 1. The summed E-state index contributed by atoms with van der Waals surface area (Å²) in [6.07, 6.45) is -2.00. The third kappa shape index (κ3) is 4.96. The van der Waals surface area contributed by atoms with Crippen molar-refractivity contribution in [2.75, 3.05) is 51.3 Å². The van der Waals surface area contributed by atoms with Crippen LogP contribution in [-0.4, -0.2) is 68.3 Å². The maximum atomic E-state index is 13.7. The summed E-state index contributed by atoms with van der Waals surface area (Å²) >= 11 is 0.901. The predicted octanol–water partition coefficient (Wildman–Crippen LogP) is 3.61. The first kappa shape index (κ1) is 22.3. The standard InChI is InChI=1S/C21H27F3N4O2S/c1-13(10-30-11-14-3-4-14)27-5-7-28(8-6-27)17-9-16(21(22,23)24)19-18(26-17)15(12-31-19)20(29)25-2/h9,12-14H,3-8,10-11H2,1-2H3,(H,25,29). The van der Waals surface area contributed by atoms with Gasteiger partial charge in [0.25, 0.3) is 5.91 Å². The molecule has 10 heteroatoms. The van der Waals surface area contributed by atoms with Crippen LogP contribution in [0.3, 0.4) is 0 Å². The average molecular weight is 457 g/mol. The number of anilines is 1. The topological polar surface area (TPSA) is 57.7 Å². The number of ether oxygens (including phenoxy) is 1. The van der Waals surface area contributed by atoms with Gasteiger partial charge in [0.2, 0.25) is 0 Å². The number of alkyl halides is 3. The van der Waals surface area contributed by atoms with Crippen LogP contribution in [0.25, 0.3) is 10.2 Å². The number of amides is 1. The minimum atomic E-state index is -4.52. The van der Waals surface area contributed by atoms with Crippen molar-refractivity contribution in [2.24, 2.45) is 5.92 Å². The Balaban J connectivity index is 1.50. The molecule has 0 bridgehead atoms. The van der Waals surface area contributed by atoms with Gasteiger partial charge in [-0.2, -0.15) is 13.2 Å². The molecule has 1 unspecified atom stereocenters. The molecule has 6 nitrogen and oxygen atoms in total. The molecule has 1 N–H and O–H groups in total. The van der Waals surface area contributed by atoms with Gasteiger partial charge in [-0.05, 0) is 31.7 Å². The Kier molecular flexibility index (Phi) is 6.41. The Hall–Kier alpha value is -1.91. The summed E-state index contributed by atoms with van der Waals surface area (Å²) in [6, 6.07) is 1.38. The minimum Gasteiger partial charge on any atom is -0.380 e. The summed E-state index contributed by atoms with van der Waals surface area (Å²) in [5, 5.41) is 3.92. The highest BCUT2D eigenvalue weighted by atomic mass is 32.1. The summed E-state index contributed by atoms with van der Waals surface area (Å²) in [7, 11) is 1.45. The van der Waals surface area contributed by atoms with E-state index in [9.17, 15) is 18.0 Å². The molecule has 3 heterocycles. The number of aromatic nitrogens is 1. The Morgan fingerprint density at radius 2 is 2.03 bits per heavy atom. The highest BCUT2D eigenvalue weighted by Crippen LogP contribution is 2.40. The molecular weight excluding hydrogens is 429 g/mol. The molecule has 170 valence electrons. The molecular formula is C21H27F3N4O2S. The van der Waals surface area contributed by atoms with Gasteiger partial charge in [-0.3, -0.25) is 9.69 Å². The zero-order valence-electron chi connectivity index (χ0n) is 17.7. The first-order valence-electron chi connectivity index (χ1n) is 10.6. The molecule has 1 aliphatic carbocycles. The molecule has 2 aliphatic rings. The van der Waals surface area contributed by atoms with Crippen LogP contribution in [0.15, 0.2) is 11.4 Å². The van der Waals surface area contributed by atoms with Crippen LogP contribution in [0.1, 0.15) is 35.7 Å². The van der Waals surface area contributed by atoms with Crippen LogP contribution in [0, 0.1) is 5.92 Å². The number of carbonyl (C=O) groups excluding carboxylic acids is 1. The molecule has 31 heavy (non-hydrogen) atoms.